The van der Waals surface area contributed by atoms with Crippen LogP contribution in [0.4, 0.5) is 4.79 Å². The Kier molecular flexibility index (Phi) is 31.8. The summed E-state index contributed by atoms with van der Waals surface area (Å²) in [6.07, 6.45) is 8.70. The van der Waals surface area contributed by atoms with Gasteiger partial charge in [0.2, 0.25) is 47.3 Å². The molecule has 0 aromatic heterocycles. The summed E-state index contributed by atoms with van der Waals surface area (Å²) in [6, 6.07) is -7.13. The molecule has 0 bridgehead atoms. The fraction of sp³-hybridized carbons (Fsp3) is 0.750. The van der Waals surface area contributed by atoms with Crippen LogP contribution in [0.5, 0.6) is 0 Å². The molecule has 0 spiro atoms. The van der Waals surface area contributed by atoms with Crippen LogP contribution in [0.3, 0.4) is 0 Å². The number of ether oxygens (including phenoxy) is 1. The maximum absolute atomic E-state index is 14.2. The van der Waals surface area contributed by atoms with E-state index in [-0.39, 0.29) is 76.7 Å². The molecule has 386 valence electrons. The zero-order valence-electron chi connectivity index (χ0n) is 41.3. The zero-order chi connectivity index (χ0) is 51.6. The Morgan fingerprint density at radius 2 is 1.04 bits per heavy atom. The number of carbonyl (C=O) groups excluding carboxylic acids is 9. The van der Waals surface area contributed by atoms with Gasteiger partial charge in [0, 0.05) is 33.0 Å². The monoisotopic (exact) mass is 974 g/mol. The molecule has 69 heavy (non-hydrogen) atoms. The van der Waals surface area contributed by atoms with Crippen LogP contribution < -0.4 is 58.8 Å². The molecule has 1 saturated heterocycles. The summed E-state index contributed by atoms with van der Waals surface area (Å²) in [6.45, 7) is 8.98. The number of carbonyl (C=O) groups is 9. The van der Waals surface area contributed by atoms with Gasteiger partial charge in [-0.25, -0.2) is 4.79 Å². The van der Waals surface area contributed by atoms with Crippen LogP contribution in [-0.4, -0.2) is 150 Å². The molecule has 0 saturated carbocycles. The van der Waals surface area contributed by atoms with Gasteiger partial charge in [0.05, 0.1) is 13.3 Å². The number of nitrogens with two attached hydrogens (primary N) is 1. The van der Waals surface area contributed by atoms with E-state index in [0.29, 0.717) is 64.2 Å². The Morgan fingerprint density at radius 3 is 1.49 bits per heavy atom. The highest BCUT2D eigenvalue weighted by Crippen LogP contribution is 2.12. The number of nitrogens with one attached hydrogen (secondary N) is 10. The summed E-state index contributed by atoms with van der Waals surface area (Å²) in [5.74, 6) is -2.66. The van der Waals surface area contributed by atoms with Crippen molar-refractivity contribution >= 4 is 68.5 Å². The largest absolute Gasteiger partial charge is 0.444 e. The Morgan fingerprint density at radius 1 is 0.623 bits per heavy atom. The van der Waals surface area contributed by atoms with Crippen molar-refractivity contribution in [2.24, 2.45) is 5.73 Å². The molecule has 2 radical (unpaired) electrons. The second-order valence-electron chi connectivity index (χ2n) is 17.5. The van der Waals surface area contributed by atoms with Crippen LogP contribution >= 0.6 is 0 Å². The van der Waals surface area contributed by atoms with E-state index >= 15 is 0 Å². The number of unbranched alkanes of at least 4 members (excludes halogenated alkanes) is 4. The van der Waals surface area contributed by atoms with Crippen LogP contribution in [0.1, 0.15) is 125 Å². The van der Waals surface area contributed by atoms with E-state index < -0.39 is 83.4 Å². The second kappa shape index (κ2) is 35.6. The van der Waals surface area contributed by atoms with E-state index in [2.05, 4.69) is 59.0 Å². The smallest absolute Gasteiger partial charge is 0.407 e. The third-order valence-corrected chi connectivity index (χ3v) is 10.4. The van der Waals surface area contributed by atoms with Gasteiger partial charge in [-0.1, -0.05) is 25.1 Å². The highest BCUT2D eigenvalue weighted by atomic mass is 16.6. The summed E-state index contributed by atoms with van der Waals surface area (Å²) in [5, 5.41) is 27.0. The normalized spacial score (nSPS) is 20.7. The molecule has 9 amide bonds. The van der Waals surface area contributed by atoms with Crippen LogP contribution in [0.2, 0.25) is 6.32 Å². The molecule has 0 aromatic rings. The molecule has 0 aromatic carbocycles. The van der Waals surface area contributed by atoms with Gasteiger partial charge < -0.3 is 72.9 Å². The van der Waals surface area contributed by atoms with Gasteiger partial charge >= 0.3 is 13.7 Å². The first-order chi connectivity index (χ1) is 32.8. The average Bonchev–Trinajstić information content (AvgIpc) is 3.29. The third kappa shape index (κ3) is 29.3. The van der Waals surface area contributed by atoms with Crippen molar-refractivity contribution in [1.29, 1.82) is 0 Å². The van der Waals surface area contributed by atoms with Crippen molar-refractivity contribution in [2.45, 2.75) is 173 Å². The van der Waals surface area contributed by atoms with Crippen molar-refractivity contribution in [3.05, 3.63) is 0 Å². The quantitative estimate of drug-likeness (QED) is 0.0185. The number of terminal acetylenes is 1. The van der Waals surface area contributed by atoms with Crippen LogP contribution in [-0.2, 0) is 52.4 Å². The van der Waals surface area contributed by atoms with Crippen molar-refractivity contribution in [1.82, 2.24) is 53.1 Å². The van der Waals surface area contributed by atoms with Gasteiger partial charge in [-0.2, -0.15) is 0 Å². The number of hydrogen-bond donors (Lipinski definition) is 11. The lowest BCUT2D eigenvalue weighted by atomic mass is 9.90. The minimum atomic E-state index is -1.25. The Bertz CT molecular complexity index is 1680. The molecule has 1 fully saturated rings. The minimum absolute atomic E-state index is 0.00527. The molecule has 0 unspecified atom stereocenters. The predicted molar refractivity (Wildman–Crippen MR) is 258 cm³/mol. The van der Waals surface area contributed by atoms with E-state index in [0.717, 1.165) is 0 Å². The molecule has 12 N–H and O–H groups in total. The first-order valence-corrected chi connectivity index (χ1v) is 23.8. The molecule has 6 atom stereocenters. The zero-order valence-corrected chi connectivity index (χ0v) is 41.3. The van der Waals surface area contributed by atoms with Crippen molar-refractivity contribution in [2.75, 3.05) is 40.0 Å². The van der Waals surface area contributed by atoms with Gasteiger partial charge in [0.25, 0.3) is 7.48 Å². The molecule has 1 aliphatic heterocycles. The van der Waals surface area contributed by atoms with Gasteiger partial charge in [-0.3, -0.25) is 38.4 Å². The topological polar surface area (TPSA) is 328 Å². The summed E-state index contributed by atoms with van der Waals surface area (Å²) in [4.78, 5) is 120. The molecular weight excluding hydrogens is 896 g/mol. The SMILES string of the molecule is C#CCNC(=O)CCC(=O)NCCCC[C@H]1NC(=O)[C@H](CCCCNC(=O)OC(C)(C)C)NC(=O)[C@@H](C)NC(=O)[C@H](CCCCN[B]OC)NC(=O)[C@@H](C)NC(=O)[C@H](CCCC[B]OCN)NC1=O. The number of amides is 9. The summed E-state index contributed by atoms with van der Waals surface area (Å²) < 4.78 is 15.3. The maximum atomic E-state index is 14.2. The van der Waals surface area contributed by atoms with Gasteiger partial charge in [0.1, 0.15) is 41.9 Å². The molecular formula is C44H77B2N11O12. The third-order valence-electron chi connectivity index (χ3n) is 10.4. The molecule has 25 heteroatoms. The van der Waals surface area contributed by atoms with Gasteiger partial charge in [-0.05, 0) is 105 Å². The van der Waals surface area contributed by atoms with E-state index in [1.807, 2.05) is 0 Å². The number of rotatable bonds is 28. The van der Waals surface area contributed by atoms with E-state index in [1.165, 1.54) is 36.1 Å². The fourth-order valence-corrected chi connectivity index (χ4v) is 6.65. The van der Waals surface area contributed by atoms with E-state index in [9.17, 15) is 43.2 Å². The highest BCUT2D eigenvalue weighted by Gasteiger charge is 2.33. The molecule has 0 aliphatic carbocycles. The first-order valence-electron chi connectivity index (χ1n) is 23.8. The maximum Gasteiger partial charge on any atom is 0.407 e. The molecule has 1 rings (SSSR count). The lowest BCUT2D eigenvalue weighted by Crippen LogP contribution is -2.60. The standard InChI is InChI=1S/C44H77B2N11O12/c1-8-24-48-35(58)21-22-36(59)49-25-14-10-19-34-42(65)56-32(17-9-13-23-45-68-28-47)40(63)53-29(2)37(60)54-31(20-12-16-27-51-46-67-7)39(62)52-30(3)38(61)55-33(41(64)57-34)18-11-15-26-50-43(66)69-44(4,5)6/h1,29-34,51H,9-28,47H2,2-7H3,(H,48,58)(H,49,59)(H,50,66)(H,52,62)(H,53,63)(H,54,60)(H,55,61)(H,56,65)(H,57,64)/t29-,30-,31+,32+,33+,34-/m1/s1. The van der Waals surface area contributed by atoms with Gasteiger partial charge in [0.15, 0.2) is 0 Å². The molecule has 1 heterocycles. The summed E-state index contributed by atoms with van der Waals surface area (Å²) in [7, 11) is 4.44. The van der Waals surface area contributed by atoms with Crippen LogP contribution in [0.15, 0.2) is 0 Å². The Labute approximate surface area is 408 Å². The van der Waals surface area contributed by atoms with Crippen molar-refractivity contribution in [3.63, 3.8) is 0 Å². The van der Waals surface area contributed by atoms with E-state index in [4.69, 9.17) is 26.2 Å². The fourth-order valence-electron chi connectivity index (χ4n) is 6.65. The Balaban J connectivity index is 3.50. The lowest BCUT2D eigenvalue weighted by Gasteiger charge is -2.28. The lowest BCUT2D eigenvalue weighted by molar-refractivity contribution is -0.136. The first kappa shape index (κ1) is 61.6. The summed E-state index contributed by atoms with van der Waals surface area (Å²) in [5.41, 5.74) is 4.69. The molecule has 1 aliphatic rings. The number of alkyl carbamates (subject to hydrolysis) is 1. The number of hydrogen-bond acceptors (Lipinski definition) is 14. The predicted octanol–water partition coefficient (Wildman–Crippen LogP) is -1.46. The average molecular weight is 974 g/mol. The second-order valence-corrected chi connectivity index (χ2v) is 17.5. The van der Waals surface area contributed by atoms with E-state index in [1.54, 1.807) is 20.8 Å². The minimum Gasteiger partial charge on any atom is -0.444 e. The van der Waals surface area contributed by atoms with Crippen LogP contribution in [0, 0.1) is 12.3 Å². The van der Waals surface area contributed by atoms with Crippen molar-refractivity contribution < 1.29 is 57.2 Å². The van der Waals surface area contributed by atoms with Crippen LogP contribution in [0.25, 0.3) is 0 Å². The van der Waals surface area contributed by atoms with Gasteiger partial charge in [-0.15, -0.1) is 6.42 Å². The Hall–Kier alpha value is -5.44. The highest BCUT2D eigenvalue weighted by molar-refractivity contribution is 6.26. The summed E-state index contributed by atoms with van der Waals surface area (Å²) >= 11 is 0. The van der Waals surface area contributed by atoms with Crippen molar-refractivity contribution in [3.8, 4) is 12.3 Å². The molecule has 23 nitrogen and oxygen atoms in total.